The number of rotatable bonds is 4. The molecule has 0 N–H and O–H groups in total. The van der Waals surface area contributed by atoms with E-state index in [-0.39, 0.29) is 11.9 Å². The molecule has 21 heavy (non-hydrogen) atoms. The molecule has 1 amide bonds. The average Bonchev–Trinajstić information content (AvgIpc) is 2.83. The minimum absolute atomic E-state index is 0.0496. The number of carbonyl (C=O) groups is 1. The molecule has 1 atom stereocenters. The van der Waals surface area contributed by atoms with Crippen LogP contribution in [-0.4, -0.2) is 47.9 Å². The summed E-state index contributed by atoms with van der Waals surface area (Å²) < 4.78 is 0.961. The molecule has 1 aliphatic heterocycles. The van der Waals surface area contributed by atoms with Crippen molar-refractivity contribution in [2.75, 3.05) is 26.2 Å². The van der Waals surface area contributed by atoms with E-state index in [0.29, 0.717) is 27.3 Å². The Morgan fingerprint density at radius 2 is 2.10 bits per heavy atom. The van der Waals surface area contributed by atoms with Crippen molar-refractivity contribution in [3.63, 3.8) is 0 Å². The fourth-order valence-electron chi connectivity index (χ4n) is 2.50. The van der Waals surface area contributed by atoms with Crippen LogP contribution in [0.15, 0.2) is 6.07 Å². The molecular weight excluding hydrogens is 329 g/mol. The normalized spacial score (nSPS) is 17.5. The van der Waals surface area contributed by atoms with Gasteiger partial charge in [0.25, 0.3) is 5.91 Å². The highest BCUT2D eigenvalue weighted by Gasteiger charge is 2.27. The van der Waals surface area contributed by atoms with Crippen LogP contribution >= 0.6 is 34.5 Å². The Hall–Kier alpha value is -0.800. The summed E-state index contributed by atoms with van der Waals surface area (Å²) in [4.78, 5) is 16.3. The number of nitrogens with zero attached hydrogens (tertiary/aromatic N) is 3. The molecular formula is C14H17Cl2N3OS. The van der Waals surface area contributed by atoms with Crippen molar-refractivity contribution >= 4 is 40.4 Å². The van der Waals surface area contributed by atoms with E-state index in [0.717, 1.165) is 25.9 Å². The van der Waals surface area contributed by atoms with Crippen molar-refractivity contribution in [2.45, 2.75) is 25.8 Å². The van der Waals surface area contributed by atoms with Crippen molar-refractivity contribution in [3.05, 3.63) is 20.3 Å². The summed E-state index contributed by atoms with van der Waals surface area (Å²) >= 11 is 13.1. The Bertz CT molecular complexity index is 547. The van der Waals surface area contributed by atoms with Gasteiger partial charge in [0.2, 0.25) is 0 Å². The fraction of sp³-hybridized carbons (Fsp3) is 0.571. The summed E-state index contributed by atoms with van der Waals surface area (Å²) in [6.45, 7) is 4.75. The molecule has 114 valence electrons. The lowest BCUT2D eigenvalue weighted by molar-refractivity contribution is 0.0602. The zero-order valence-electron chi connectivity index (χ0n) is 11.8. The second-order valence-electron chi connectivity index (χ2n) is 5.00. The minimum Gasteiger partial charge on any atom is -0.336 e. The maximum absolute atomic E-state index is 12.4. The Morgan fingerprint density at radius 1 is 1.43 bits per heavy atom. The SMILES string of the molecule is CCCC(C#N)N1CCN(C(=O)c2cc(Cl)sc2Cl)CC1. The molecule has 0 bridgehead atoms. The van der Waals surface area contributed by atoms with Gasteiger partial charge in [-0.1, -0.05) is 36.5 Å². The van der Waals surface area contributed by atoms with Crippen LogP contribution in [0.25, 0.3) is 0 Å². The number of hydrogen-bond donors (Lipinski definition) is 0. The Kier molecular flexibility index (Phi) is 5.88. The smallest absolute Gasteiger partial charge is 0.256 e. The quantitative estimate of drug-likeness (QED) is 0.838. The van der Waals surface area contributed by atoms with Crippen molar-refractivity contribution in [2.24, 2.45) is 0 Å². The zero-order chi connectivity index (χ0) is 15.4. The number of hydrogen-bond acceptors (Lipinski definition) is 4. The average molecular weight is 346 g/mol. The van der Waals surface area contributed by atoms with Crippen LogP contribution in [0.4, 0.5) is 0 Å². The van der Waals surface area contributed by atoms with Gasteiger partial charge in [-0.25, -0.2) is 0 Å². The Morgan fingerprint density at radius 3 is 2.57 bits per heavy atom. The van der Waals surface area contributed by atoms with E-state index in [1.54, 1.807) is 11.0 Å². The highest BCUT2D eigenvalue weighted by atomic mass is 35.5. The fourth-order valence-corrected chi connectivity index (χ4v) is 3.94. The van der Waals surface area contributed by atoms with Crippen molar-refractivity contribution in [1.82, 2.24) is 9.80 Å². The number of amides is 1. The predicted octanol–water partition coefficient (Wildman–Crippen LogP) is 3.50. The summed E-state index contributed by atoms with van der Waals surface area (Å²) in [6, 6.07) is 3.92. The third-order valence-corrected chi connectivity index (χ3v) is 5.13. The van der Waals surface area contributed by atoms with Crippen LogP contribution in [0.2, 0.25) is 8.67 Å². The summed E-state index contributed by atoms with van der Waals surface area (Å²) in [6.07, 6.45) is 1.86. The van der Waals surface area contributed by atoms with E-state index >= 15 is 0 Å². The molecule has 4 nitrogen and oxygen atoms in total. The lowest BCUT2D eigenvalue weighted by Crippen LogP contribution is -2.51. The monoisotopic (exact) mass is 345 g/mol. The van der Waals surface area contributed by atoms with Crippen LogP contribution in [0, 0.1) is 11.3 Å². The van der Waals surface area contributed by atoms with Crippen molar-refractivity contribution < 1.29 is 4.79 Å². The zero-order valence-corrected chi connectivity index (χ0v) is 14.1. The van der Waals surface area contributed by atoms with Crippen LogP contribution in [-0.2, 0) is 0 Å². The molecule has 0 saturated carbocycles. The minimum atomic E-state index is -0.0770. The molecule has 1 aromatic rings. The van der Waals surface area contributed by atoms with Gasteiger partial charge in [0.15, 0.2) is 0 Å². The summed E-state index contributed by atoms with van der Waals surface area (Å²) in [7, 11) is 0. The molecule has 0 aromatic carbocycles. The first-order valence-electron chi connectivity index (χ1n) is 6.94. The van der Waals surface area contributed by atoms with Gasteiger partial charge in [0.05, 0.1) is 22.0 Å². The molecule has 1 fully saturated rings. The first-order valence-corrected chi connectivity index (χ1v) is 8.51. The molecule has 1 saturated heterocycles. The van der Waals surface area contributed by atoms with E-state index in [1.165, 1.54) is 11.3 Å². The molecule has 0 radical (unpaired) electrons. The third kappa shape index (κ3) is 3.89. The van der Waals surface area contributed by atoms with E-state index < -0.39 is 0 Å². The molecule has 1 aliphatic rings. The number of piperazine rings is 1. The summed E-state index contributed by atoms with van der Waals surface area (Å²) in [5.41, 5.74) is 0.477. The van der Waals surface area contributed by atoms with E-state index in [1.807, 2.05) is 0 Å². The van der Waals surface area contributed by atoms with E-state index in [9.17, 15) is 10.1 Å². The molecule has 1 aromatic heterocycles. The lowest BCUT2D eigenvalue weighted by Gasteiger charge is -2.36. The maximum Gasteiger partial charge on any atom is 0.256 e. The lowest BCUT2D eigenvalue weighted by atomic mass is 10.1. The Balaban J connectivity index is 1.96. The van der Waals surface area contributed by atoms with Crippen LogP contribution in [0.1, 0.15) is 30.1 Å². The summed E-state index contributed by atoms with van der Waals surface area (Å²) in [5, 5.41) is 9.20. The standard InChI is InChI=1S/C14H17Cl2N3OS/c1-2-3-10(9-17)18-4-6-19(7-5-18)14(20)11-8-12(15)21-13(11)16/h8,10H,2-7H2,1H3. The predicted molar refractivity (Wildman–Crippen MR) is 86.1 cm³/mol. The third-order valence-electron chi connectivity index (χ3n) is 3.64. The maximum atomic E-state index is 12.4. The van der Waals surface area contributed by atoms with Gasteiger partial charge in [0, 0.05) is 26.2 Å². The summed E-state index contributed by atoms with van der Waals surface area (Å²) in [5.74, 6) is -0.0770. The van der Waals surface area contributed by atoms with Gasteiger partial charge < -0.3 is 4.90 Å². The second-order valence-corrected chi connectivity index (χ2v) is 7.29. The van der Waals surface area contributed by atoms with Crippen molar-refractivity contribution in [1.29, 1.82) is 5.26 Å². The van der Waals surface area contributed by atoms with Crippen molar-refractivity contribution in [3.8, 4) is 6.07 Å². The van der Waals surface area contributed by atoms with Gasteiger partial charge >= 0.3 is 0 Å². The van der Waals surface area contributed by atoms with Crippen LogP contribution < -0.4 is 0 Å². The highest BCUT2D eigenvalue weighted by molar-refractivity contribution is 7.20. The number of halogens is 2. The Labute approximate surface area is 138 Å². The van der Waals surface area contributed by atoms with Crippen LogP contribution in [0.3, 0.4) is 0 Å². The number of nitriles is 1. The first-order chi connectivity index (χ1) is 10.1. The van der Waals surface area contributed by atoms with Gasteiger partial charge in [-0.15, -0.1) is 11.3 Å². The van der Waals surface area contributed by atoms with Gasteiger partial charge in [-0.05, 0) is 12.5 Å². The van der Waals surface area contributed by atoms with Gasteiger partial charge in [-0.2, -0.15) is 5.26 Å². The number of carbonyl (C=O) groups excluding carboxylic acids is 1. The van der Waals surface area contributed by atoms with E-state index in [4.69, 9.17) is 23.2 Å². The topological polar surface area (TPSA) is 47.3 Å². The second kappa shape index (κ2) is 7.46. The highest BCUT2D eigenvalue weighted by Crippen LogP contribution is 2.32. The van der Waals surface area contributed by atoms with Crippen LogP contribution in [0.5, 0.6) is 0 Å². The first kappa shape index (κ1) is 16.6. The molecule has 0 aliphatic carbocycles. The molecule has 0 spiro atoms. The van der Waals surface area contributed by atoms with Gasteiger partial charge in [0.1, 0.15) is 4.34 Å². The molecule has 2 heterocycles. The largest absolute Gasteiger partial charge is 0.336 e. The van der Waals surface area contributed by atoms with E-state index in [2.05, 4.69) is 17.9 Å². The number of thiophene rings is 1. The van der Waals surface area contributed by atoms with Gasteiger partial charge in [-0.3, -0.25) is 9.69 Å². The molecule has 7 heteroatoms. The molecule has 1 unspecified atom stereocenters. The molecule has 2 rings (SSSR count).